The van der Waals surface area contributed by atoms with E-state index in [1.807, 2.05) is 6.07 Å². The van der Waals surface area contributed by atoms with Gasteiger partial charge in [0, 0.05) is 43.9 Å². The Morgan fingerprint density at radius 1 is 1.12 bits per heavy atom. The number of aryl methyl sites for hydroxylation is 1. The van der Waals surface area contributed by atoms with E-state index in [1.54, 1.807) is 42.1 Å². The lowest BCUT2D eigenvalue weighted by Crippen LogP contribution is -2.28. The first kappa shape index (κ1) is 27.9. The molecule has 0 atom stereocenters. The van der Waals surface area contributed by atoms with E-state index in [2.05, 4.69) is 20.6 Å². The molecule has 0 bridgehead atoms. The number of imidazole rings is 1. The third-order valence-electron chi connectivity index (χ3n) is 7.07. The first-order chi connectivity index (χ1) is 19.2. The van der Waals surface area contributed by atoms with E-state index >= 15 is 0 Å². The Morgan fingerprint density at radius 2 is 1.90 bits per heavy atom. The highest BCUT2D eigenvalue weighted by Gasteiger charge is 2.33. The Labute approximate surface area is 234 Å². The summed E-state index contributed by atoms with van der Waals surface area (Å²) in [6, 6.07) is 12.4. The molecule has 1 aliphatic heterocycles. The number of nitrogens with one attached hydrogen (secondary N) is 2. The molecular formula is C29H29ClF3N5O2. The molecule has 1 aliphatic rings. The van der Waals surface area contributed by atoms with Crippen molar-refractivity contribution in [3.8, 4) is 11.5 Å². The number of fused-ring (bicyclic) bond motifs is 1. The van der Waals surface area contributed by atoms with Crippen LogP contribution >= 0.6 is 11.6 Å². The Hall–Kier alpha value is -3.63. The number of pyridine rings is 1. The lowest BCUT2D eigenvalue weighted by molar-refractivity contribution is -0.137. The standard InChI is InChI=1S/C29H29ClF3N5O2/c1-38-27-7-5-22(17-26(27)37-28(38)36-19-3-6-25(30)24(16-19)29(31,32)33)40-23-10-13-35-20(15-23)14-21(39)4-2-18-8-11-34-12-9-18/h3,5-7,10,13,15-18,34H,2,4,8-9,11-12,14H2,1H3,(H,36,37). The average molecular weight is 572 g/mol. The topological polar surface area (TPSA) is 81.1 Å². The molecule has 5 rings (SSSR count). The number of aromatic nitrogens is 3. The minimum absolute atomic E-state index is 0.168. The number of nitrogens with zero attached hydrogens (tertiary/aromatic N) is 3. The van der Waals surface area contributed by atoms with E-state index in [4.69, 9.17) is 16.3 Å². The minimum Gasteiger partial charge on any atom is -0.457 e. The van der Waals surface area contributed by atoms with Gasteiger partial charge < -0.3 is 19.9 Å². The fraction of sp³-hybridized carbons (Fsp3) is 0.345. The molecule has 40 heavy (non-hydrogen) atoms. The van der Waals surface area contributed by atoms with Crippen LogP contribution in [-0.4, -0.2) is 33.4 Å². The summed E-state index contributed by atoms with van der Waals surface area (Å²) in [5.41, 5.74) is 1.29. The van der Waals surface area contributed by atoms with E-state index in [0.29, 0.717) is 41.0 Å². The van der Waals surface area contributed by atoms with Crippen molar-refractivity contribution in [1.29, 1.82) is 0 Å². The third kappa shape index (κ3) is 6.74. The maximum Gasteiger partial charge on any atom is 0.417 e. The van der Waals surface area contributed by atoms with Crippen molar-refractivity contribution < 1.29 is 22.7 Å². The van der Waals surface area contributed by atoms with Gasteiger partial charge in [-0.1, -0.05) is 11.6 Å². The highest BCUT2D eigenvalue weighted by molar-refractivity contribution is 6.31. The lowest BCUT2D eigenvalue weighted by atomic mass is 9.92. The van der Waals surface area contributed by atoms with Gasteiger partial charge in [0.25, 0.3) is 0 Å². The second-order valence-electron chi connectivity index (χ2n) is 9.99. The predicted octanol–water partition coefficient (Wildman–Crippen LogP) is 7.07. The monoisotopic (exact) mass is 571 g/mol. The Morgan fingerprint density at radius 3 is 2.67 bits per heavy atom. The molecule has 2 aromatic carbocycles. The molecule has 210 valence electrons. The van der Waals surface area contributed by atoms with Crippen molar-refractivity contribution in [2.24, 2.45) is 13.0 Å². The molecule has 1 saturated heterocycles. The predicted molar refractivity (Wildman–Crippen MR) is 148 cm³/mol. The zero-order chi connectivity index (χ0) is 28.3. The van der Waals surface area contributed by atoms with Crippen molar-refractivity contribution >= 4 is 40.1 Å². The summed E-state index contributed by atoms with van der Waals surface area (Å²) in [5.74, 6) is 2.20. The quantitative estimate of drug-likeness (QED) is 0.224. The number of halogens is 4. The maximum atomic E-state index is 13.3. The number of carbonyl (C=O) groups is 1. The van der Waals surface area contributed by atoms with Gasteiger partial charge in [0.15, 0.2) is 0 Å². The number of anilines is 2. The minimum atomic E-state index is -4.57. The molecule has 7 nitrogen and oxygen atoms in total. The number of ketones is 1. The normalized spacial score (nSPS) is 14.4. The fourth-order valence-electron chi connectivity index (χ4n) is 4.88. The second-order valence-corrected chi connectivity index (χ2v) is 10.4. The van der Waals surface area contributed by atoms with Gasteiger partial charge in [-0.25, -0.2) is 4.98 Å². The lowest BCUT2D eigenvalue weighted by Gasteiger charge is -2.22. The summed E-state index contributed by atoms with van der Waals surface area (Å²) < 4.78 is 47.5. The van der Waals surface area contributed by atoms with Crippen LogP contribution in [0.15, 0.2) is 54.7 Å². The van der Waals surface area contributed by atoms with Crippen LogP contribution in [-0.2, 0) is 24.4 Å². The summed E-state index contributed by atoms with van der Waals surface area (Å²) in [6.45, 7) is 2.04. The summed E-state index contributed by atoms with van der Waals surface area (Å²) in [4.78, 5) is 21.4. The van der Waals surface area contributed by atoms with Crippen LogP contribution < -0.4 is 15.4 Å². The van der Waals surface area contributed by atoms with Gasteiger partial charge in [-0.15, -0.1) is 0 Å². The molecule has 4 aromatic rings. The first-order valence-electron chi connectivity index (χ1n) is 13.1. The maximum absolute atomic E-state index is 13.3. The van der Waals surface area contributed by atoms with Gasteiger partial charge in [-0.2, -0.15) is 13.2 Å². The van der Waals surface area contributed by atoms with Crippen LogP contribution in [0.1, 0.15) is 36.9 Å². The molecule has 2 aromatic heterocycles. The Bertz CT molecular complexity index is 1520. The Kier molecular flexibility index (Phi) is 8.27. The number of benzene rings is 2. The summed E-state index contributed by atoms with van der Waals surface area (Å²) in [5, 5.41) is 5.91. The highest BCUT2D eigenvalue weighted by Crippen LogP contribution is 2.37. The van der Waals surface area contributed by atoms with Crippen LogP contribution in [0.4, 0.5) is 24.8 Å². The number of Topliss-reactive ketones (excluding diaryl/α,β-unsaturated/α-hetero) is 1. The summed E-state index contributed by atoms with van der Waals surface area (Å²) >= 11 is 5.74. The van der Waals surface area contributed by atoms with Crippen LogP contribution in [0.3, 0.4) is 0 Å². The number of carbonyl (C=O) groups excluding carboxylic acids is 1. The van der Waals surface area contributed by atoms with Crippen molar-refractivity contribution in [2.45, 2.75) is 38.3 Å². The molecule has 0 aliphatic carbocycles. The average Bonchev–Trinajstić information content (AvgIpc) is 3.23. The van der Waals surface area contributed by atoms with Gasteiger partial charge in [0.2, 0.25) is 5.95 Å². The van der Waals surface area contributed by atoms with Crippen molar-refractivity contribution in [1.82, 2.24) is 19.9 Å². The van der Waals surface area contributed by atoms with Gasteiger partial charge in [0.1, 0.15) is 17.3 Å². The second kappa shape index (κ2) is 11.9. The highest BCUT2D eigenvalue weighted by atomic mass is 35.5. The van der Waals surface area contributed by atoms with E-state index in [-0.39, 0.29) is 22.9 Å². The number of piperidine rings is 1. The molecule has 1 fully saturated rings. The number of rotatable bonds is 9. The van der Waals surface area contributed by atoms with E-state index < -0.39 is 11.7 Å². The van der Waals surface area contributed by atoms with Crippen molar-refractivity contribution in [3.05, 3.63) is 71.0 Å². The van der Waals surface area contributed by atoms with Gasteiger partial charge >= 0.3 is 6.18 Å². The van der Waals surface area contributed by atoms with Gasteiger partial charge in [-0.05, 0) is 74.7 Å². The molecule has 11 heteroatoms. The van der Waals surface area contributed by atoms with E-state index in [1.165, 1.54) is 12.1 Å². The first-order valence-corrected chi connectivity index (χ1v) is 13.5. The molecule has 0 amide bonds. The van der Waals surface area contributed by atoms with Crippen molar-refractivity contribution in [3.63, 3.8) is 0 Å². The third-order valence-corrected chi connectivity index (χ3v) is 7.40. The molecular weight excluding hydrogens is 543 g/mol. The van der Waals surface area contributed by atoms with Crippen LogP contribution in [0.5, 0.6) is 11.5 Å². The number of hydrogen-bond acceptors (Lipinski definition) is 6. The molecule has 3 heterocycles. The molecule has 0 unspecified atom stereocenters. The molecule has 0 saturated carbocycles. The molecule has 0 spiro atoms. The van der Waals surface area contributed by atoms with Gasteiger partial charge in [-0.3, -0.25) is 9.78 Å². The Balaban J connectivity index is 1.25. The summed E-state index contributed by atoms with van der Waals surface area (Å²) in [6.07, 6.45) is 1.02. The SMILES string of the molecule is Cn1c(Nc2ccc(Cl)c(C(F)(F)F)c2)nc2cc(Oc3ccnc(CC(=O)CCC4CCNCC4)c3)ccc21. The fourth-order valence-corrected chi connectivity index (χ4v) is 5.11. The molecule has 0 radical (unpaired) electrons. The zero-order valence-corrected chi connectivity index (χ0v) is 22.6. The molecule has 2 N–H and O–H groups in total. The smallest absolute Gasteiger partial charge is 0.417 e. The number of ether oxygens (including phenoxy) is 1. The van der Waals surface area contributed by atoms with Crippen LogP contribution in [0.2, 0.25) is 5.02 Å². The van der Waals surface area contributed by atoms with E-state index in [9.17, 15) is 18.0 Å². The van der Waals surface area contributed by atoms with Crippen LogP contribution in [0.25, 0.3) is 11.0 Å². The number of alkyl halides is 3. The largest absolute Gasteiger partial charge is 0.457 e. The number of hydrogen-bond donors (Lipinski definition) is 2. The van der Waals surface area contributed by atoms with Crippen LogP contribution in [0, 0.1) is 5.92 Å². The van der Waals surface area contributed by atoms with Gasteiger partial charge in [0.05, 0.1) is 27.3 Å². The summed E-state index contributed by atoms with van der Waals surface area (Å²) in [7, 11) is 1.76. The van der Waals surface area contributed by atoms with Crippen molar-refractivity contribution in [2.75, 3.05) is 18.4 Å². The van der Waals surface area contributed by atoms with E-state index in [0.717, 1.165) is 43.9 Å². The zero-order valence-electron chi connectivity index (χ0n) is 21.9.